The highest BCUT2D eigenvalue weighted by atomic mass is 16.7. The van der Waals surface area contributed by atoms with Gasteiger partial charge in [0.25, 0.3) is 0 Å². The Morgan fingerprint density at radius 2 is 1.89 bits per heavy atom. The molecule has 2 heterocycles. The maximum absolute atomic E-state index is 11.6. The first-order valence-electron chi connectivity index (χ1n) is 14.3. The molecule has 4 aliphatic carbocycles. The molecule has 12 atom stereocenters. The molecule has 6 aliphatic rings. The van der Waals surface area contributed by atoms with Crippen molar-refractivity contribution in [1.82, 2.24) is 0 Å². The van der Waals surface area contributed by atoms with E-state index < -0.39 is 5.79 Å². The van der Waals surface area contributed by atoms with E-state index in [0.717, 1.165) is 57.3 Å². The van der Waals surface area contributed by atoms with Gasteiger partial charge in [-0.3, -0.25) is 4.79 Å². The van der Waals surface area contributed by atoms with Gasteiger partial charge in [0, 0.05) is 30.6 Å². The van der Waals surface area contributed by atoms with E-state index in [4.69, 9.17) is 14.2 Å². The molecule has 0 bridgehead atoms. The molecular formula is C29H45NO5. The normalized spacial score (nSPS) is 56.3. The van der Waals surface area contributed by atoms with E-state index >= 15 is 0 Å². The number of hydrogen-bond donors (Lipinski definition) is 1. The van der Waals surface area contributed by atoms with Crippen LogP contribution in [0, 0.1) is 52.3 Å². The van der Waals surface area contributed by atoms with Gasteiger partial charge in [-0.1, -0.05) is 32.9 Å². The van der Waals surface area contributed by atoms with Crippen LogP contribution in [0.1, 0.15) is 92.4 Å². The molecule has 0 unspecified atom stereocenters. The zero-order valence-corrected chi connectivity index (χ0v) is 22.3. The zero-order valence-electron chi connectivity index (χ0n) is 22.3. The second kappa shape index (κ2) is 8.18. The van der Waals surface area contributed by atoms with E-state index in [1.165, 1.54) is 19.8 Å². The van der Waals surface area contributed by atoms with Crippen molar-refractivity contribution in [3.63, 3.8) is 0 Å². The molecular weight excluding hydrogens is 442 g/mol. The summed E-state index contributed by atoms with van der Waals surface area (Å²) in [4.78, 5) is 11.6. The van der Waals surface area contributed by atoms with Crippen LogP contribution in [-0.4, -0.2) is 41.5 Å². The summed E-state index contributed by atoms with van der Waals surface area (Å²) in [5, 5.41) is 14.5. The van der Waals surface area contributed by atoms with Crippen molar-refractivity contribution in [2.45, 2.75) is 110 Å². The van der Waals surface area contributed by atoms with Crippen LogP contribution in [0.4, 0.5) is 0 Å². The minimum atomic E-state index is -0.452. The fourth-order valence-corrected chi connectivity index (χ4v) is 10.4. The van der Waals surface area contributed by atoms with Crippen LogP contribution in [0.25, 0.3) is 0 Å². The number of carbonyl (C=O) groups is 1. The average molecular weight is 488 g/mol. The van der Waals surface area contributed by atoms with E-state index in [0.29, 0.717) is 41.4 Å². The van der Waals surface area contributed by atoms with E-state index in [-0.39, 0.29) is 29.0 Å². The molecule has 2 saturated heterocycles. The van der Waals surface area contributed by atoms with Crippen LogP contribution in [-0.2, 0) is 19.0 Å². The zero-order chi connectivity index (χ0) is 24.8. The molecule has 4 saturated carbocycles. The van der Waals surface area contributed by atoms with Crippen LogP contribution in [0.5, 0.6) is 0 Å². The number of oxime groups is 1. The van der Waals surface area contributed by atoms with Crippen molar-refractivity contribution in [3.05, 3.63) is 0 Å². The first-order valence-corrected chi connectivity index (χ1v) is 14.3. The Balaban J connectivity index is 1.28. The molecule has 0 amide bonds. The standard InChI is InChI=1S/C29H45NO5/c1-16-8-11-29(33-15-16)17(2)26-24(35-29)13-23-21-7-6-19-12-20(34-18(3)31)9-10-27(19,4)22(21)14-25(30-32)28(23,26)5/h16-17,19-24,26,32H,6-15H2,1-5H3/b30-25+/t16-,17+,19+,20+,21-,22+,23+,24+,26+,27+,28-,29-/m1/s1. The van der Waals surface area contributed by atoms with Crippen LogP contribution in [0.2, 0.25) is 0 Å². The van der Waals surface area contributed by atoms with Crippen molar-refractivity contribution >= 4 is 11.7 Å². The second-order valence-corrected chi connectivity index (χ2v) is 13.7. The maximum Gasteiger partial charge on any atom is 0.302 e. The fraction of sp³-hybridized carbons (Fsp3) is 0.931. The molecule has 6 heteroatoms. The lowest BCUT2D eigenvalue weighted by molar-refractivity contribution is -0.272. The third-order valence-corrected chi connectivity index (χ3v) is 12.2. The Labute approximate surface area is 210 Å². The second-order valence-electron chi connectivity index (χ2n) is 13.7. The summed E-state index contributed by atoms with van der Waals surface area (Å²) in [5.74, 6) is 2.86. The minimum Gasteiger partial charge on any atom is -0.463 e. The van der Waals surface area contributed by atoms with Gasteiger partial charge in [0.05, 0.1) is 18.4 Å². The molecule has 0 aromatic heterocycles. The molecule has 0 aromatic rings. The van der Waals surface area contributed by atoms with Gasteiger partial charge in [0.1, 0.15) is 6.10 Å². The SMILES string of the molecule is CC(=O)O[C@H]1CC[C@@]2(C)[C@@H](CC[C@@H]3[C@@H]2C/C(=N\O)[C@]2(C)[C@@H]4[C@H](C[C@@H]32)O[C@]2(CC[C@@H](C)CO2)[C@H]4C)C1. The van der Waals surface area contributed by atoms with Crippen LogP contribution in [0.3, 0.4) is 0 Å². The Hall–Kier alpha value is -1.14. The van der Waals surface area contributed by atoms with Gasteiger partial charge in [0.2, 0.25) is 0 Å². The van der Waals surface area contributed by atoms with E-state index in [9.17, 15) is 10.0 Å². The minimum absolute atomic E-state index is 0.0662. The maximum atomic E-state index is 11.6. The molecule has 2 aliphatic heterocycles. The van der Waals surface area contributed by atoms with Crippen LogP contribution < -0.4 is 0 Å². The first kappa shape index (κ1) is 24.2. The number of ether oxygens (including phenoxy) is 3. The topological polar surface area (TPSA) is 77.4 Å². The molecule has 35 heavy (non-hydrogen) atoms. The summed E-state index contributed by atoms with van der Waals surface area (Å²) in [6.45, 7) is 11.8. The van der Waals surface area contributed by atoms with Crippen molar-refractivity contribution in [2.24, 2.45) is 57.4 Å². The third-order valence-electron chi connectivity index (χ3n) is 12.2. The Morgan fingerprint density at radius 3 is 2.57 bits per heavy atom. The molecule has 1 spiro atoms. The van der Waals surface area contributed by atoms with Gasteiger partial charge in [-0.05, 0) is 86.4 Å². The monoisotopic (exact) mass is 487 g/mol. The molecule has 6 rings (SSSR count). The Kier molecular flexibility index (Phi) is 5.66. The van der Waals surface area contributed by atoms with E-state index in [1.54, 1.807) is 0 Å². The first-order chi connectivity index (χ1) is 16.6. The highest BCUT2D eigenvalue weighted by Gasteiger charge is 2.71. The van der Waals surface area contributed by atoms with Crippen molar-refractivity contribution in [1.29, 1.82) is 0 Å². The van der Waals surface area contributed by atoms with E-state index in [2.05, 4.69) is 32.9 Å². The molecule has 0 radical (unpaired) electrons. The smallest absolute Gasteiger partial charge is 0.302 e. The summed E-state index contributed by atoms with van der Waals surface area (Å²) in [5.41, 5.74) is 1.09. The summed E-state index contributed by atoms with van der Waals surface area (Å²) >= 11 is 0. The predicted octanol–water partition coefficient (Wildman–Crippen LogP) is 5.80. The van der Waals surface area contributed by atoms with Gasteiger partial charge in [0.15, 0.2) is 5.79 Å². The largest absolute Gasteiger partial charge is 0.463 e. The highest BCUT2D eigenvalue weighted by molar-refractivity contribution is 5.92. The van der Waals surface area contributed by atoms with Gasteiger partial charge < -0.3 is 19.4 Å². The van der Waals surface area contributed by atoms with Gasteiger partial charge >= 0.3 is 5.97 Å². The quantitative estimate of drug-likeness (QED) is 0.287. The Morgan fingerprint density at radius 1 is 1.09 bits per heavy atom. The summed E-state index contributed by atoms with van der Waals surface area (Å²) < 4.78 is 19.0. The number of fused-ring (bicyclic) bond motifs is 7. The van der Waals surface area contributed by atoms with E-state index in [1.807, 2.05) is 0 Å². The third kappa shape index (κ3) is 3.34. The highest BCUT2D eigenvalue weighted by Crippen LogP contribution is 2.70. The average Bonchev–Trinajstić information content (AvgIpc) is 3.26. The van der Waals surface area contributed by atoms with Crippen LogP contribution >= 0.6 is 0 Å². The number of nitrogens with zero attached hydrogens (tertiary/aromatic N) is 1. The van der Waals surface area contributed by atoms with Gasteiger partial charge in [-0.2, -0.15) is 0 Å². The lowest BCUT2D eigenvalue weighted by atomic mass is 9.44. The van der Waals surface area contributed by atoms with Crippen molar-refractivity contribution in [3.8, 4) is 0 Å². The molecule has 196 valence electrons. The van der Waals surface area contributed by atoms with Gasteiger partial charge in [-0.15, -0.1) is 0 Å². The Bertz CT molecular complexity index is 896. The predicted molar refractivity (Wildman–Crippen MR) is 132 cm³/mol. The molecule has 0 aromatic carbocycles. The summed E-state index contributed by atoms with van der Waals surface area (Å²) in [6.07, 6.45) is 9.80. The number of rotatable bonds is 1. The molecule has 6 nitrogen and oxygen atoms in total. The van der Waals surface area contributed by atoms with Gasteiger partial charge in [-0.25, -0.2) is 0 Å². The van der Waals surface area contributed by atoms with Crippen molar-refractivity contribution in [2.75, 3.05) is 6.61 Å². The van der Waals surface area contributed by atoms with Crippen LogP contribution in [0.15, 0.2) is 5.16 Å². The number of esters is 1. The lowest BCUT2D eigenvalue weighted by Crippen LogP contribution is -2.58. The number of hydrogen-bond acceptors (Lipinski definition) is 6. The number of carbonyl (C=O) groups excluding carboxylic acids is 1. The van der Waals surface area contributed by atoms with Crippen molar-refractivity contribution < 1.29 is 24.2 Å². The summed E-state index contributed by atoms with van der Waals surface area (Å²) in [6, 6.07) is 0. The lowest BCUT2D eigenvalue weighted by Gasteiger charge is -2.61. The molecule has 1 N–H and O–H groups in total. The molecule has 6 fully saturated rings. The summed E-state index contributed by atoms with van der Waals surface area (Å²) in [7, 11) is 0. The fourth-order valence-electron chi connectivity index (χ4n) is 10.4.